The highest BCUT2D eigenvalue weighted by Crippen LogP contribution is 2.28. The van der Waals surface area contributed by atoms with Gasteiger partial charge in [0, 0.05) is 0 Å². The maximum atomic E-state index is 12.7. The Bertz CT molecular complexity index is 1190. The quantitative estimate of drug-likeness (QED) is 0.443. The van der Waals surface area contributed by atoms with Crippen molar-refractivity contribution >= 4 is 57.8 Å². The molecule has 1 amide bonds. The van der Waals surface area contributed by atoms with Crippen molar-refractivity contribution in [3.8, 4) is 0 Å². The normalized spacial score (nSPS) is 11.4. The first-order valence-electron chi connectivity index (χ1n) is 8.52. The number of imidazole rings is 1. The molecule has 162 valence electrons. The largest absolute Gasteiger partial charge is 0.491 e. The lowest BCUT2D eigenvalue weighted by molar-refractivity contribution is -0.202. The Morgan fingerprint density at radius 1 is 1.10 bits per heavy atom. The molecule has 1 heterocycles. The van der Waals surface area contributed by atoms with Crippen molar-refractivity contribution in [1.29, 1.82) is 0 Å². The third kappa shape index (κ3) is 4.80. The van der Waals surface area contributed by atoms with Gasteiger partial charge in [-0.3, -0.25) is 4.79 Å². The summed E-state index contributed by atoms with van der Waals surface area (Å²) in [6, 6.07) is 9.18. The number of aromatic nitrogens is 2. The van der Waals surface area contributed by atoms with E-state index in [4.69, 9.17) is 23.2 Å². The van der Waals surface area contributed by atoms with Crippen molar-refractivity contribution < 1.29 is 32.3 Å². The standard InChI is InChI=1S/C19H12Cl2F3N3O4/c1-9-25-16-12(26-17(29)15-10(20)4-2-5-11(15)21)6-3-7-13(16)27(9)8-14(28)31-18(30)19(22,23)24/h2-7H,8H2,1H3,(H,26,29). The van der Waals surface area contributed by atoms with Crippen LogP contribution in [-0.2, 0) is 20.9 Å². The van der Waals surface area contributed by atoms with Gasteiger partial charge in [-0.2, -0.15) is 13.2 Å². The molecule has 2 aromatic carbocycles. The van der Waals surface area contributed by atoms with Crippen LogP contribution >= 0.6 is 23.2 Å². The van der Waals surface area contributed by atoms with Gasteiger partial charge in [-0.25, -0.2) is 14.6 Å². The van der Waals surface area contributed by atoms with Crippen LogP contribution in [0.3, 0.4) is 0 Å². The van der Waals surface area contributed by atoms with E-state index in [0.29, 0.717) is 5.52 Å². The predicted octanol–water partition coefficient (Wildman–Crippen LogP) is 4.54. The Kier molecular flexibility index (Phi) is 6.23. The second-order valence-electron chi connectivity index (χ2n) is 6.23. The summed E-state index contributed by atoms with van der Waals surface area (Å²) < 4.78 is 41.9. The van der Waals surface area contributed by atoms with Gasteiger partial charge in [0.05, 0.1) is 26.8 Å². The Morgan fingerprint density at radius 3 is 2.32 bits per heavy atom. The van der Waals surface area contributed by atoms with Gasteiger partial charge in [0.25, 0.3) is 5.91 Å². The van der Waals surface area contributed by atoms with Gasteiger partial charge in [0.2, 0.25) is 0 Å². The molecular formula is C19H12Cl2F3N3O4. The molecule has 0 radical (unpaired) electrons. The van der Waals surface area contributed by atoms with Crippen LogP contribution in [0, 0.1) is 6.92 Å². The number of benzene rings is 2. The smallest absolute Gasteiger partial charge is 0.385 e. The van der Waals surface area contributed by atoms with E-state index in [-0.39, 0.29) is 32.6 Å². The second kappa shape index (κ2) is 8.56. The molecule has 12 heteroatoms. The van der Waals surface area contributed by atoms with Crippen LogP contribution in [-0.4, -0.2) is 33.6 Å². The minimum absolute atomic E-state index is 0.0493. The van der Waals surface area contributed by atoms with Crippen LogP contribution in [0.2, 0.25) is 10.0 Å². The van der Waals surface area contributed by atoms with E-state index in [0.717, 1.165) is 0 Å². The number of rotatable bonds is 4. The van der Waals surface area contributed by atoms with E-state index >= 15 is 0 Å². The molecule has 0 spiro atoms. The summed E-state index contributed by atoms with van der Waals surface area (Å²) in [5, 5.41) is 2.90. The Hall–Kier alpha value is -3.11. The molecule has 0 atom stereocenters. The molecule has 3 aromatic rings. The molecule has 0 fully saturated rings. The van der Waals surface area contributed by atoms with Gasteiger partial charge in [-0.15, -0.1) is 0 Å². The third-order valence-electron chi connectivity index (χ3n) is 4.13. The molecule has 31 heavy (non-hydrogen) atoms. The maximum Gasteiger partial charge on any atom is 0.491 e. The molecular weight excluding hydrogens is 462 g/mol. The van der Waals surface area contributed by atoms with E-state index in [2.05, 4.69) is 15.0 Å². The van der Waals surface area contributed by atoms with Gasteiger partial charge in [-0.05, 0) is 31.2 Å². The number of hydrogen-bond acceptors (Lipinski definition) is 5. The minimum atomic E-state index is -5.29. The van der Waals surface area contributed by atoms with Crippen LogP contribution in [0.1, 0.15) is 16.2 Å². The number of nitrogens with one attached hydrogen (secondary N) is 1. The molecule has 1 aromatic heterocycles. The van der Waals surface area contributed by atoms with Gasteiger partial charge in [-0.1, -0.05) is 35.3 Å². The summed E-state index contributed by atoms with van der Waals surface area (Å²) in [4.78, 5) is 39.6. The summed E-state index contributed by atoms with van der Waals surface area (Å²) in [5.41, 5.74) is 0.872. The van der Waals surface area contributed by atoms with E-state index in [1.807, 2.05) is 0 Å². The monoisotopic (exact) mass is 473 g/mol. The molecule has 7 nitrogen and oxygen atoms in total. The zero-order valence-electron chi connectivity index (χ0n) is 15.6. The fraction of sp³-hybridized carbons (Fsp3) is 0.158. The summed E-state index contributed by atoms with van der Waals surface area (Å²) in [5.74, 6) is -4.39. The first-order valence-corrected chi connectivity index (χ1v) is 9.27. The van der Waals surface area contributed by atoms with Crippen molar-refractivity contribution in [2.75, 3.05) is 5.32 Å². The van der Waals surface area contributed by atoms with Gasteiger partial charge in [0.15, 0.2) is 0 Å². The summed E-state index contributed by atoms with van der Waals surface area (Å²) >= 11 is 12.1. The molecule has 0 saturated heterocycles. The van der Waals surface area contributed by atoms with Gasteiger partial charge < -0.3 is 14.6 Å². The average Bonchev–Trinajstić information content (AvgIpc) is 2.97. The first kappa shape index (κ1) is 22.6. The Morgan fingerprint density at radius 2 is 1.71 bits per heavy atom. The molecule has 0 bridgehead atoms. The van der Waals surface area contributed by atoms with Crippen molar-refractivity contribution in [2.24, 2.45) is 0 Å². The van der Waals surface area contributed by atoms with E-state index in [9.17, 15) is 27.6 Å². The number of carbonyl (C=O) groups is 3. The molecule has 0 aliphatic carbocycles. The number of para-hydroxylation sites is 1. The second-order valence-corrected chi connectivity index (χ2v) is 7.04. The molecule has 0 unspecified atom stereocenters. The molecule has 0 saturated carbocycles. The van der Waals surface area contributed by atoms with Crippen LogP contribution in [0.4, 0.5) is 18.9 Å². The first-order chi connectivity index (χ1) is 14.5. The third-order valence-corrected chi connectivity index (χ3v) is 4.76. The lowest BCUT2D eigenvalue weighted by Crippen LogP contribution is -2.29. The van der Waals surface area contributed by atoms with Crippen LogP contribution in [0.15, 0.2) is 36.4 Å². The SMILES string of the molecule is Cc1nc2c(NC(=O)c3c(Cl)cccc3Cl)cccc2n1CC(=O)OC(=O)C(F)(F)F. The number of alkyl halides is 3. The summed E-state index contributed by atoms with van der Waals surface area (Å²) in [6.45, 7) is 0.799. The molecule has 0 aliphatic heterocycles. The molecule has 0 aliphatic rings. The van der Waals surface area contributed by atoms with Crippen LogP contribution < -0.4 is 5.32 Å². The number of fused-ring (bicyclic) bond motifs is 1. The van der Waals surface area contributed by atoms with Crippen LogP contribution in [0.25, 0.3) is 11.0 Å². The van der Waals surface area contributed by atoms with Gasteiger partial charge >= 0.3 is 18.1 Å². The molecule has 3 rings (SSSR count). The Labute approximate surface area is 182 Å². The number of carbonyl (C=O) groups excluding carboxylic acids is 3. The van der Waals surface area contributed by atoms with Crippen molar-refractivity contribution in [1.82, 2.24) is 9.55 Å². The van der Waals surface area contributed by atoms with Crippen molar-refractivity contribution in [2.45, 2.75) is 19.6 Å². The number of halogens is 5. The summed E-state index contributed by atoms with van der Waals surface area (Å²) in [7, 11) is 0. The lowest BCUT2D eigenvalue weighted by atomic mass is 10.2. The van der Waals surface area contributed by atoms with E-state index in [1.54, 1.807) is 6.07 Å². The highest BCUT2D eigenvalue weighted by Gasteiger charge is 2.42. The topological polar surface area (TPSA) is 90.3 Å². The fourth-order valence-electron chi connectivity index (χ4n) is 2.79. The lowest BCUT2D eigenvalue weighted by Gasteiger charge is -2.10. The van der Waals surface area contributed by atoms with Gasteiger partial charge in [0.1, 0.15) is 17.9 Å². The zero-order chi connectivity index (χ0) is 22.9. The average molecular weight is 474 g/mol. The van der Waals surface area contributed by atoms with E-state index < -0.39 is 30.6 Å². The van der Waals surface area contributed by atoms with Crippen molar-refractivity contribution in [3.63, 3.8) is 0 Å². The number of nitrogens with zero attached hydrogens (tertiary/aromatic N) is 2. The fourth-order valence-corrected chi connectivity index (χ4v) is 3.35. The number of ether oxygens (including phenoxy) is 1. The highest BCUT2D eigenvalue weighted by atomic mass is 35.5. The summed E-state index contributed by atoms with van der Waals surface area (Å²) in [6.07, 6.45) is -5.29. The predicted molar refractivity (Wildman–Crippen MR) is 106 cm³/mol. The molecule has 1 N–H and O–H groups in total. The van der Waals surface area contributed by atoms with E-state index in [1.165, 1.54) is 41.8 Å². The number of amides is 1. The minimum Gasteiger partial charge on any atom is -0.385 e. The van der Waals surface area contributed by atoms with Crippen molar-refractivity contribution in [3.05, 3.63) is 57.8 Å². The van der Waals surface area contributed by atoms with Crippen LogP contribution in [0.5, 0.6) is 0 Å². The maximum absolute atomic E-state index is 12.7. The number of aryl methyl sites for hydroxylation is 1. The number of esters is 2. The number of hydrogen-bond donors (Lipinski definition) is 1. The number of anilines is 1. The zero-order valence-corrected chi connectivity index (χ0v) is 17.1. The highest BCUT2D eigenvalue weighted by molar-refractivity contribution is 6.40. The Balaban J connectivity index is 1.89.